The fraction of sp³-hybridized carbons (Fsp3) is 0.276. The third-order valence-corrected chi connectivity index (χ3v) is 7.07. The lowest BCUT2D eigenvalue weighted by Gasteiger charge is -2.46. The number of hydrogen-bond acceptors (Lipinski definition) is 6. The Bertz CT molecular complexity index is 1420. The number of carbonyl (C=O) groups excluding carboxylic acids is 3. The summed E-state index contributed by atoms with van der Waals surface area (Å²) >= 11 is 0. The van der Waals surface area contributed by atoms with Crippen molar-refractivity contribution in [1.29, 1.82) is 0 Å². The molecule has 3 atom stereocenters. The zero-order valence-corrected chi connectivity index (χ0v) is 21.1. The van der Waals surface area contributed by atoms with Gasteiger partial charge in [0.15, 0.2) is 6.04 Å². The predicted molar refractivity (Wildman–Crippen MR) is 142 cm³/mol. The highest BCUT2D eigenvalue weighted by atomic mass is 16.6. The molecule has 3 aromatic rings. The number of hydrogen-bond donors (Lipinski definition) is 2. The lowest BCUT2D eigenvalue weighted by Crippen LogP contribution is -2.67. The molecule has 1 unspecified atom stereocenters. The molecule has 10 heteroatoms. The molecule has 0 spiro atoms. The van der Waals surface area contributed by atoms with Crippen LogP contribution in [-0.4, -0.2) is 75.0 Å². The highest BCUT2D eigenvalue weighted by Gasteiger charge is 2.46. The fourth-order valence-electron chi connectivity index (χ4n) is 5.15. The third-order valence-electron chi connectivity index (χ3n) is 7.07. The molecule has 1 saturated heterocycles. The minimum absolute atomic E-state index is 0.00599. The first kappa shape index (κ1) is 25.9. The Hall–Kier alpha value is -4.73. The standard InChI is InChI=1S/C29H28N4O6/c34-26(24-21-11-5-4-10-20(21)14-15-30-24)31-22-12-6-7-13-23-25(28(36)37)33(17-16-32(23)27(22)35)29(38)39-18-19-8-2-1-3-9-19/h1-11,14-15,22-23,25H,12-13,16-18H2,(H,31,34)(H,36,37)/b7-6-/t22-,23-,25?/m0/s1. The molecule has 3 heterocycles. The molecular formula is C29H28N4O6. The SMILES string of the molecule is O=C(N[C@H]1C/C=C\C[C@H]2C(C(=O)O)N(C(=O)OCc3ccccc3)CCN2C1=O)c1nccc2ccccc12. The van der Waals surface area contributed by atoms with Gasteiger partial charge in [0.2, 0.25) is 5.91 Å². The Morgan fingerprint density at radius 3 is 2.51 bits per heavy atom. The van der Waals surface area contributed by atoms with E-state index < -0.39 is 42.0 Å². The second-order valence-corrected chi connectivity index (χ2v) is 9.47. The van der Waals surface area contributed by atoms with Gasteiger partial charge in [0.25, 0.3) is 5.91 Å². The first-order chi connectivity index (χ1) is 18.9. The summed E-state index contributed by atoms with van der Waals surface area (Å²) in [5.74, 6) is -2.13. The van der Waals surface area contributed by atoms with Gasteiger partial charge < -0.3 is 20.1 Å². The van der Waals surface area contributed by atoms with Gasteiger partial charge in [-0.2, -0.15) is 0 Å². The van der Waals surface area contributed by atoms with Gasteiger partial charge in [0.05, 0.1) is 6.04 Å². The molecular weight excluding hydrogens is 500 g/mol. The van der Waals surface area contributed by atoms with Gasteiger partial charge in [-0.3, -0.25) is 19.5 Å². The molecule has 5 rings (SSSR count). The van der Waals surface area contributed by atoms with Crippen molar-refractivity contribution >= 4 is 34.6 Å². The maximum absolute atomic E-state index is 13.6. The smallest absolute Gasteiger partial charge is 0.410 e. The Labute approximate surface area is 224 Å². The van der Waals surface area contributed by atoms with Crippen LogP contribution in [0.4, 0.5) is 4.79 Å². The number of rotatable bonds is 5. The van der Waals surface area contributed by atoms with Crippen molar-refractivity contribution in [3.63, 3.8) is 0 Å². The normalized spacial score (nSPS) is 21.8. The number of piperazine rings is 1. The Morgan fingerprint density at radius 1 is 0.974 bits per heavy atom. The van der Waals surface area contributed by atoms with Crippen molar-refractivity contribution in [2.45, 2.75) is 37.6 Å². The zero-order valence-electron chi connectivity index (χ0n) is 21.1. The molecule has 200 valence electrons. The minimum Gasteiger partial charge on any atom is -0.480 e. The number of fused-ring (bicyclic) bond motifs is 2. The number of amides is 3. The number of pyridine rings is 1. The van der Waals surface area contributed by atoms with E-state index in [1.54, 1.807) is 42.6 Å². The van der Waals surface area contributed by atoms with E-state index in [1.807, 2.05) is 36.4 Å². The molecule has 1 aromatic heterocycles. The summed E-state index contributed by atoms with van der Waals surface area (Å²) in [6.45, 7) is 0.106. The maximum atomic E-state index is 13.6. The van der Waals surface area contributed by atoms with Crippen LogP contribution in [0.2, 0.25) is 0 Å². The highest BCUT2D eigenvalue weighted by Crippen LogP contribution is 2.26. The van der Waals surface area contributed by atoms with E-state index in [9.17, 15) is 24.3 Å². The largest absolute Gasteiger partial charge is 0.480 e. The van der Waals surface area contributed by atoms with Crippen LogP contribution in [-0.2, 0) is 20.9 Å². The minimum atomic E-state index is -1.30. The number of aliphatic carboxylic acids is 1. The molecule has 0 saturated carbocycles. The first-order valence-electron chi connectivity index (χ1n) is 12.7. The van der Waals surface area contributed by atoms with E-state index in [2.05, 4.69) is 10.3 Å². The van der Waals surface area contributed by atoms with E-state index in [0.29, 0.717) is 5.39 Å². The molecule has 2 N–H and O–H groups in total. The molecule has 3 amide bonds. The van der Waals surface area contributed by atoms with Gasteiger partial charge >= 0.3 is 12.1 Å². The van der Waals surface area contributed by atoms with Gasteiger partial charge in [-0.05, 0) is 29.9 Å². The summed E-state index contributed by atoms with van der Waals surface area (Å²) in [4.78, 5) is 59.0. The third kappa shape index (κ3) is 5.45. The van der Waals surface area contributed by atoms with Crippen molar-refractivity contribution in [3.05, 3.63) is 90.3 Å². The molecule has 0 bridgehead atoms. The number of nitrogens with one attached hydrogen (secondary N) is 1. The van der Waals surface area contributed by atoms with Crippen molar-refractivity contribution < 1.29 is 29.0 Å². The predicted octanol–water partition coefficient (Wildman–Crippen LogP) is 2.99. The fourth-order valence-corrected chi connectivity index (χ4v) is 5.15. The molecule has 10 nitrogen and oxygen atoms in total. The van der Waals surface area contributed by atoms with Crippen molar-refractivity contribution in [2.24, 2.45) is 0 Å². The van der Waals surface area contributed by atoms with Crippen LogP contribution in [0.15, 0.2) is 79.0 Å². The number of carbonyl (C=O) groups is 4. The van der Waals surface area contributed by atoms with Crippen LogP contribution < -0.4 is 5.32 Å². The summed E-state index contributed by atoms with van der Waals surface area (Å²) in [7, 11) is 0. The van der Waals surface area contributed by atoms with E-state index in [-0.39, 0.29) is 38.2 Å². The summed E-state index contributed by atoms with van der Waals surface area (Å²) in [5.41, 5.74) is 0.984. The number of carboxylic acids is 1. The quantitative estimate of drug-likeness (QED) is 0.487. The second-order valence-electron chi connectivity index (χ2n) is 9.47. The summed E-state index contributed by atoms with van der Waals surface area (Å²) in [6, 6.07) is 15.2. The molecule has 0 radical (unpaired) electrons. The highest BCUT2D eigenvalue weighted by molar-refractivity contribution is 6.06. The van der Waals surface area contributed by atoms with Gasteiger partial charge in [-0.15, -0.1) is 0 Å². The van der Waals surface area contributed by atoms with Gasteiger partial charge in [0.1, 0.15) is 18.3 Å². The monoisotopic (exact) mass is 528 g/mol. The van der Waals surface area contributed by atoms with E-state index in [4.69, 9.17) is 4.74 Å². The first-order valence-corrected chi connectivity index (χ1v) is 12.7. The zero-order chi connectivity index (χ0) is 27.4. The summed E-state index contributed by atoms with van der Waals surface area (Å²) in [5, 5.41) is 14.4. The average molecular weight is 529 g/mol. The van der Waals surface area contributed by atoms with Crippen LogP contribution in [0.3, 0.4) is 0 Å². The van der Waals surface area contributed by atoms with E-state index >= 15 is 0 Å². The van der Waals surface area contributed by atoms with Crippen LogP contribution in [0, 0.1) is 0 Å². The van der Waals surface area contributed by atoms with Crippen molar-refractivity contribution in [3.8, 4) is 0 Å². The van der Waals surface area contributed by atoms with Crippen LogP contribution in [0.25, 0.3) is 10.8 Å². The number of carboxylic acid groups (broad SMARTS) is 1. The maximum Gasteiger partial charge on any atom is 0.410 e. The van der Waals surface area contributed by atoms with Crippen LogP contribution >= 0.6 is 0 Å². The van der Waals surface area contributed by atoms with E-state index in [1.165, 1.54) is 9.80 Å². The molecule has 0 aliphatic carbocycles. The average Bonchev–Trinajstić information content (AvgIpc) is 2.95. The molecule has 2 aliphatic heterocycles. The van der Waals surface area contributed by atoms with Gasteiger partial charge in [-0.25, -0.2) is 9.59 Å². The Balaban J connectivity index is 1.33. The second kappa shape index (κ2) is 11.3. The molecule has 1 fully saturated rings. The summed E-state index contributed by atoms with van der Waals surface area (Å²) < 4.78 is 5.41. The summed E-state index contributed by atoms with van der Waals surface area (Å²) in [6.07, 6.45) is 4.82. The number of benzene rings is 2. The molecule has 2 aromatic carbocycles. The van der Waals surface area contributed by atoms with E-state index in [0.717, 1.165) is 10.9 Å². The molecule has 2 aliphatic rings. The lowest BCUT2D eigenvalue weighted by atomic mass is 9.94. The Kier molecular flexibility index (Phi) is 7.53. The number of aromatic nitrogens is 1. The Morgan fingerprint density at radius 2 is 1.72 bits per heavy atom. The van der Waals surface area contributed by atoms with Gasteiger partial charge in [0, 0.05) is 24.7 Å². The molecule has 39 heavy (non-hydrogen) atoms. The van der Waals surface area contributed by atoms with Crippen molar-refractivity contribution in [1.82, 2.24) is 20.1 Å². The van der Waals surface area contributed by atoms with Gasteiger partial charge in [-0.1, -0.05) is 66.7 Å². The van der Waals surface area contributed by atoms with Crippen LogP contribution in [0.5, 0.6) is 0 Å². The lowest BCUT2D eigenvalue weighted by molar-refractivity contribution is -0.153. The topological polar surface area (TPSA) is 129 Å². The number of ether oxygens (including phenoxy) is 1. The number of nitrogens with zero attached hydrogens (tertiary/aromatic N) is 3. The van der Waals surface area contributed by atoms with Crippen LogP contribution in [0.1, 0.15) is 28.9 Å². The van der Waals surface area contributed by atoms with Crippen molar-refractivity contribution in [2.75, 3.05) is 13.1 Å².